The van der Waals surface area contributed by atoms with E-state index in [1.54, 1.807) is 0 Å². The largest absolute Gasteiger partial charge is 0.456 e. The highest BCUT2D eigenvalue weighted by molar-refractivity contribution is 6.15. The van der Waals surface area contributed by atoms with Crippen LogP contribution in [0.5, 0.6) is 0 Å². The summed E-state index contributed by atoms with van der Waals surface area (Å²) in [6.45, 7) is 50.0. The molecule has 6 heterocycles. The topological polar surface area (TPSA) is 34.0 Å². The zero-order valence-corrected chi connectivity index (χ0v) is 56.9. The van der Waals surface area contributed by atoms with Crippen LogP contribution in [0.25, 0.3) is 109 Å². The molecule has 2 aliphatic heterocycles. The predicted molar refractivity (Wildman–Crippen MR) is 377 cm³/mol. The van der Waals surface area contributed by atoms with Gasteiger partial charge in [0.25, 0.3) is 0 Å². The van der Waals surface area contributed by atoms with Gasteiger partial charge in [-0.2, -0.15) is 9.13 Å². The van der Waals surface area contributed by atoms with Crippen molar-refractivity contribution in [1.82, 2.24) is 0 Å². The Morgan fingerprint density at radius 3 is 1.11 bits per heavy atom. The number of benzene rings is 8. The summed E-state index contributed by atoms with van der Waals surface area (Å²) in [5.74, 6) is 0. The molecule has 12 aromatic rings. The van der Waals surface area contributed by atoms with E-state index >= 15 is 0 Å². The number of hydrogen-bond acceptors (Lipinski definition) is 2. The van der Waals surface area contributed by atoms with Gasteiger partial charge in [-0.15, -0.1) is 0 Å². The normalized spacial score (nSPS) is 24.6. The molecule has 0 N–H and O–H groups in total. The van der Waals surface area contributed by atoms with E-state index < -0.39 is 21.9 Å². The van der Waals surface area contributed by atoms with Crippen molar-refractivity contribution in [2.24, 2.45) is 0 Å². The van der Waals surface area contributed by atoms with Crippen LogP contribution in [0.15, 0.2) is 155 Å². The molecule has 17 rings (SSSR count). The molecule has 0 spiro atoms. The van der Waals surface area contributed by atoms with E-state index in [1.807, 2.05) is 0 Å². The van der Waals surface area contributed by atoms with Gasteiger partial charge in [-0.1, -0.05) is 176 Å². The van der Waals surface area contributed by atoms with Crippen molar-refractivity contribution < 1.29 is 18.0 Å². The van der Waals surface area contributed by atoms with Crippen LogP contribution >= 0.6 is 0 Å². The lowest BCUT2D eigenvalue weighted by Crippen LogP contribution is -2.75. The molecule has 4 atom stereocenters. The van der Waals surface area contributed by atoms with Gasteiger partial charge in [0.15, 0.2) is 12.4 Å². The molecule has 0 saturated heterocycles. The van der Waals surface area contributed by atoms with Crippen LogP contribution in [-0.2, 0) is 54.4 Å². The molecule has 4 heteroatoms. The third kappa shape index (κ3) is 6.79. The van der Waals surface area contributed by atoms with Crippen molar-refractivity contribution in [3.05, 3.63) is 190 Å². The van der Waals surface area contributed by atoms with Gasteiger partial charge in [0.1, 0.15) is 22.3 Å². The van der Waals surface area contributed by atoms with Gasteiger partial charge in [0.05, 0.1) is 38.3 Å². The lowest BCUT2D eigenvalue weighted by atomic mass is 9.54. The fourth-order valence-corrected chi connectivity index (χ4v) is 20.0. The highest BCUT2D eigenvalue weighted by Gasteiger charge is 2.74. The number of allylic oxidation sites excluding steroid dienone is 1. The molecule has 4 nitrogen and oxygen atoms in total. The van der Waals surface area contributed by atoms with Gasteiger partial charge in [-0.25, -0.2) is 0 Å². The van der Waals surface area contributed by atoms with E-state index in [0.29, 0.717) is 0 Å². The second-order valence-electron chi connectivity index (χ2n) is 34.5. The molecule has 5 aliphatic rings. The number of hydrogen-bond donors (Lipinski definition) is 0. The molecular formula is C86H90N2O2+2. The number of pyridine rings is 2. The zero-order chi connectivity index (χ0) is 63.1. The zero-order valence-electron chi connectivity index (χ0n) is 56.9. The molecule has 3 aliphatic carbocycles. The van der Waals surface area contributed by atoms with Crippen LogP contribution < -0.4 is 9.13 Å². The molecule has 90 heavy (non-hydrogen) atoms. The Hall–Kier alpha value is -7.56. The molecule has 4 unspecified atom stereocenters. The first kappa shape index (κ1) is 56.4. The molecule has 0 bridgehead atoms. The van der Waals surface area contributed by atoms with Crippen molar-refractivity contribution >= 4 is 87.0 Å². The smallest absolute Gasteiger partial charge is 0.221 e. The van der Waals surface area contributed by atoms with Gasteiger partial charge in [0.2, 0.25) is 22.5 Å². The summed E-state index contributed by atoms with van der Waals surface area (Å²) in [7, 11) is 0. The number of aromatic nitrogens is 2. The van der Waals surface area contributed by atoms with Crippen LogP contribution in [0, 0.1) is 0 Å². The molecule has 454 valence electrons. The SMILES string of the molecule is C=C1C2(C)[n+]3ccc4cc5oc6c7c(ccc6c5cc4c3-c3cc(C(C)(C)C)c4ccccc4c3C2(C)CCC2(C)c3c(cc(C(C)(C)C)c4ccccc34)-c3c4cc5c(cc4cc[n+]3C12C)oc1c2c(ccc15)C(C)(C)CCC2(C)C)C(C)(C)CCC7(C)C. The number of furan rings is 2. The summed E-state index contributed by atoms with van der Waals surface area (Å²) >= 11 is 0. The summed E-state index contributed by atoms with van der Waals surface area (Å²) in [6, 6.07) is 48.3. The van der Waals surface area contributed by atoms with Crippen molar-refractivity contribution in [1.29, 1.82) is 0 Å². The van der Waals surface area contributed by atoms with E-state index in [0.717, 1.165) is 60.9 Å². The Bertz CT molecular complexity index is 4980. The molecule has 0 radical (unpaired) electrons. The van der Waals surface area contributed by atoms with Crippen LogP contribution in [0.4, 0.5) is 0 Å². The summed E-state index contributed by atoms with van der Waals surface area (Å²) in [4.78, 5) is 0. The monoisotopic (exact) mass is 1180 g/mol. The van der Waals surface area contributed by atoms with Crippen molar-refractivity contribution in [2.75, 3.05) is 0 Å². The van der Waals surface area contributed by atoms with E-state index in [4.69, 9.17) is 15.4 Å². The first-order chi connectivity index (χ1) is 42.3. The quantitative estimate of drug-likeness (QED) is 0.112. The second-order valence-corrected chi connectivity index (χ2v) is 34.5. The Kier molecular flexibility index (Phi) is 10.7. The standard InChI is InChI=1S/C86H90N2O2/c1-48-85(18)83(16,69-53-26-22-20-24-51(53)65(77(2,3)4)46-61(69)73-57-44-59-55-28-30-63-71(81(12,13)36-34-79(63,8)9)75(55)89-67(59)42-49(57)32-40-87(73)85)38-39-84(17)70-54-27-23-21-25-52(54)66(78(5,6)7)47-62(70)74-58-45-60-56-29-31-64-72(82(14,15)37-35-80(64,10)11)76(56)90-68(60)43-50(58)33-41-88(74)86(48,84)19/h20-33,40-47H,1,34-39H2,2-19H3/q+2. The van der Waals surface area contributed by atoms with Crippen LogP contribution in [-0.4, -0.2) is 0 Å². The molecule has 8 aromatic carbocycles. The average Bonchev–Trinajstić information content (AvgIpc) is 1.26. The molecule has 4 aromatic heterocycles. The van der Waals surface area contributed by atoms with Crippen molar-refractivity contribution in [3.63, 3.8) is 0 Å². The van der Waals surface area contributed by atoms with Gasteiger partial charge in [0, 0.05) is 58.7 Å². The van der Waals surface area contributed by atoms with E-state index in [-0.39, 0.29) is 32.5 Å². The highest BCUT2D eigenvalue weighted by Crippen LogP contribution is 2.67. The summed E-state index contributed by atoms with van der Waals surface area (Å²) in [6.07, 6.45) is 11.3. The minimum absolute atomic E-state index is 0.0161. The minimum atomic E-state index is -0.688. The van der Waals surface area contributed by atoms with Gasteiger partial charge in [-0.3, -0.25) is 0 Å². The predicted octanol–water partition coefficient (Wildman–Crippen LogP) is 22.3. The number of nitrogens with zero attached hydrogens (tertiary/aromatic N) is 2. The van der Waals surface area contributed by atoms with Gasteiger partial charge >= 0.3 is 0 Å². The fourth-order valence-electron chi connectivity index (χ4n) is 20.0. The molecule has 1 saturated carbocycles. The second kappa shape index (κ2) is 17.1. The number of fused-ring (bicyclic) bond motifs is 30. The third-order valence-electron chi connectivity index (χ3n) is 25.7. The van der Waals surface area contributed by atoms with Crippen molar-refractivity contribution in [2.45, 2.75) is 218 Å². The van der Waals surface area contributed by atoms with E-state index in [1.165, 1.54) is 137 Å². The number of rotatable bonds is 0. The third-order valence-corrected chi connectivity index (χ3v) is 25.7. The van der Waals surface area contributed by atoms with E-state index in [2.05, 4.69) is 267 Å². The average molecular weight is 1180 g/mol. The lowest BCUT2D eigenvalue weighted by Gasteiger charge is -2.51. The Labute approximate surface area is 532 Å². The first-order valence-corrected chi connectivity index (χ1v) is 33.9. The first-order valence-electron chi connectivity index (χ1n) is 33.9. The Morgan fingerprint density at radius 1 is 0.367 bits per heavy atom. The molecule has 1 fully saturated rings. The fraction of sp³-hybridized carbons (Fsp3) is 0.395. The van der Waals surface area contributed by atoms with Crippen LogP contribution in [0.1, 0.15) is 208 Å². The van der Waals surface area contributed by atoms with Gasteiger partial charge < -0.3 is 8.83 Å². The Balaban J connectivity index is 0.997. The van der Waals surface area contributed by atoms with Crippen LogP contribution in [0.3, 0.4) is 0 Å². The maximum Gasteiger partial charge on any atom is 0.221 e. The Morgan fingerprint density at radius 2 is 0.733 bits per heavy atom. The lowest BCUT2D eigenvalue weighted by molar-refractivity contribution is -0.782. The molecule has 0 amide bonds. The van der Waals surface area contributed by atoms with E-state index in [9.17, 15) is 0 Å². The van der Waals surface area contributed by atoms with Gasteiger partial charge in [-0.05, 0) is 187 Å². The maximum absolute atomic E-state index is 7.26. The highest BCUT2D eigenvalue weighted by atomic mass is 16.3. The molecular weight excluding hydrogens is 1090 g/mol. The summed E-state index contributed by atoms with van der Waals surface area (Å²) < 4.78 is 20.0. The van der Waals surface area contributed by atoms with Crippen LogP contribution in [0.2, 0.25) is 0 Å². The summed E-state index contributed by atoms with van der Waals surface area (Å²) in [5.41, 5.74) is 19.1. The summed E-state index contributed by atoms with van der Waals surface area (Å²) in [5, 5.41) is 15.0. The minimum Gasteiger partial charge on any atom is -0.456 e. The maximum atomic E-state index is 7.26. The van der Waals surface area contributed by atoms with Crippen molar-refractivity contribution in [3.8, 4) is 22.5 Å².